The zero-order valence-corrected chi connectivity index (χ0v) is 10.8. The minimum atomic E-state index is -0.596. The van der Waals surface area contributed by atoms with E-state index in [0.29, 0.717) is 0 Å². The first-order valence-electron chi connectivity index (χ1n) is 6.72. The molecule has 0 unspecified atom stereocenters. The molecule has 1 amide bonds. The van der Waals surface area contributed by atoms with Crippen LogP contribution in [0.2, 0.25) is 0 Å². The first-order chi connectivity index (χ1) is 9.22. The third-order valence-corrected chi connectivity index (χ3v) is 3.61. The van der Waals surface area contributed by atoms with E-state index in [1.807, 2.05) is 0 Å². The number of nitriles is 1. The molecule has 0 aliphatic heterocycles. The van der Waals surface area contributed by atoms with E-state index in [1.165, 1.54) is 25.0 Å². The lowest BCUT2D eigenvalue weighted by molar-refractivity contribution is -0.120. The van der Waals surface area contributed by atoms with Crippen LogP contribution in [-0.2, 0) is 4.79 Å². The van der Waals surface area contributed by atoms with Crippen molar-refractivity contribution in [3.05, 3.63) is 29.6 Å². The van der Waals surface area contributed by atoms with E-state index in [2.05, 4.69) is 5.32 Å². The quantitative estimate of drug-likeness (QED) is 0.826. The summed E-state index contributed by atoms with van der Waals surface area (Å²) in [6.45, 7) is 0. The molecule has 1 fully saturated rings. The molecule has 1 aliphatic rings. The van der Waals surface area contributed by atoms with Gasteiger partial charge < -0.3 is 5.32 Å². The van der Waals surface area contributed by atoms with Crippen LogP contribution in [0.5, 0.6) is 0 Å². The van der Waals surface area contributed by atoms with Gasteiger partial charge in [-0.25, -0.2) is 4.39 Å². The lowest BCUT2D eigenvalue weighted by atomic mass is 9.99. The predicted molar refractivity (Wildman–Crippen MR) is 70.9 cm³/mol. The van der Waals surface area contributed by atoms with Crippen molar-refractivity contribution in [1.82, 2.24) is 0 Å². The Balaban J connectivity index is 2.10. The second kappa shape index (κ2) is 6.33. The Bertz CT molecular complexity index is 499. The number of nitrogens with one attached hydrogen (secondary N) is 1. The number of carbonyl (C=O) groups is 1. The van der Waals surface area contributed by atoms with Gasteiger partial charge in [0, 0.05) is 5.92 Å². The van der Waals surface area contributed by atoms with Crippen molar-refractivity contribution in [3.63, 3.8) is 0 Å². The molecule has 1 saturated carbocycles. The fourth-order valence-electron chi connectivity index (χ4n) is 2.52. The third-order valence-electron chi connectivity index (χ3n) is 3.61. The van der Waals surface area contributed by atoms with Gasteiger partial charge in [0.05, 0.1) is 5.69 Å². The largest absolute Gasteiger partial charge is 0.325 e. The third kappa shape index (κ3) is 3.31. The van der Waals surface area contributed by atoms with Gasteiger partial charge in [0.1, 0.15) is 17.4 Å². The normalized spacial score (nSPS) is 16.4. The summed E-state index contributed by atoms with van der Waals surface area (Å²) < 4.78 is 13.4. The summed E-state index contributed by atoms with van der Waals surface area (Å²) in [5.74, 6) is -0.706. The standard InChI is InChI=1S/C15H17FN2O/c16-13-8-5-9-14(12(13)10-17)18-15(19)11-6-3-1-2-4-7-11/h5,8-9,11H,1-4,6-7H2,(H,18,19). The molecule has 2 rings (SSSR count). The van der Waals surface area contributed by atoms with E-state index in [0.717, 1.165) is 25.7 Å². The molecule has 0 aromatic heterocycles. The summed E-state index contributed by atoms with van der Waals surface area (Å²) in [4.78, 5) is 12.2. The number of amides is 1. The number of carbonyl (C=O) groups excluding carboxylic acids is 1. The predicted octanol–water partition coefficient (Wildman–Crippen LogP) is 3.61. The lowest BCUT2D eigenvalue weighted by Crippen LogP contribution is -2.23. The molecule has 0 radical (unpaired) electrons. The summed E-state index contributed by atoms with van der Waals surface area (Å²) in [6.07, 6.45) is 6.23. The number of hydrogen-bond acceptors (Lipinski definition) is 2. The molecular formula is C15H17FN2O. The van der Waals surface area contributed by atoms with Crippen molar-refractivity contribution < 1.29 is 9.18 Å². The Morgan fingerprint density at radius 3 is 2.58 bits per heavy atom. The summed E-state index contributed by atoms with van der Waals surface area (Å²) in [5.41, 5.74) is 0.182. The second-order valence-corrected chi connectivity index (χ2v) is 4.95. The number of nitrogens with zero attached hydrogens (tertiary/aromatic N) is 1. The van der Waals surface area contributed by atoms with Crippen LogP contribution in [0.3, 0.4) is 0 Å². The van der Waals surface area contributed by atoms with E-state index < -0.39 is 5.82 Å². The van der Waals surface area contributed by atoms with Crippen molar-refractivity contribution in [2.24, 2.45) is 5.92 Å². The van der Waals surface area contributed by atoms with Gasteiger partial charge in [-0.15, -0.1) is 0 Å². The van der Waals surface area contributed by atoms with E-state index in [4.69, 9.17) is 5.26 Å². The maximum Gasteiger partial charge on any atom is 0.227 e. The molecule has 1 aliphatic carbocycles. The van der Waals surface area contributed by atoms with Crippen molar-refractivity contribution in [2.45, 2.75) is 38.5 Å². The van der Waals surface area contributed by atoms with Gasteiger partial charge in [0.15, 0.2) is 0 Å². The Morgan fingerprint density at radius 1 is 1.26 bits per heavy atom. The molecule has 0 atom stereocenters. The minimum Gasteiger partial charge on any atom is -0.325 e. The molecule has 100 valence electrons. The van der Waals surface area contributed by atoms with E-state index in [1.54, 1.807) is 12.1 Å². The Hall–Kier alpha value is -1.89. The molecule has 4 heteroatoms. The first kappa shape index (κ1) is 13.5. The molecule has 1 N–H and O–H groups in total. The number of benzene rings is 1. The highest BCUT2D eigenvalue weighted by Gasteiger charge is 2.21. The molecule has 3 nitrogen and oxygen atoms in total. The highest BCUT2D eigenvalue weighted by Crippen LogP contribution is 2.25. The summed E-state index contributed by atoms with van der Waals surface area (Å²) in [5, 5.41) is 11.6. The SMILES string of the molecule is N#Cc1c(F)cccc1NC(=O)C1CCCCCC1. The van der Waals surface area contributed by atoms with Gasteiger partial charge in [-0.3, -0.25) is 4.79 Å². The fraction of sp³-hybridized carbons (Fsp3) is 0.467. The van der Waals surface area contributed by atoms with Crippen LogP contribution in [0.1, 0.15) is 44.1 Å². The Kier molecular flexibility index (Phi) is 4.51. The van der Waals surface area contributed by atoms with Crippen LogP contribution in [0.25, 0.3) is 0 Å². The summed E-state index contributed by atoms with van der Waals surface area (Å²) >= 11 is 0. The van der Waals surface area contributed by atoms with Gasteiger partial charge >= 0.3 is 0 Å². The van der Waals surface area contributed by atoms with Crippen LogP contribution < -0.4 is 5.32 Å². The van der Waals surface area contributed by atoms with E-state index >= 15 is 0 Å². The van der Waals surface area contributed by atoms with E-state index in [9.17, 15) is 9.18 Å². The topological polar surface area (TPSA) is 52.9 Å². The van der Waals surface area contributed by atoms with Crippen molar-refractivity contribution in [3.8, 4) is 6.07 Å². The first-order valence-corrected chi connectivity index (χ1v) is 6.72. The number of anilines is 1. The highest BCUT2D eigenvalue weighted by atomic mass is 19.1. The fourth-order valence-corrected chi connectivity index (χ4v) is 2.52. The summed E-state index contributed by atoms with van der Waals surface area (Å²) in [6, 6.07) is 6.08. The monoisotopic (exact) mass is 260 g/mol. The van der Waals surface area contributed by atoms with Crippen LogP contribution in [0, 0.1) is 23.1 Å². The van der Waals surface area contributed by atoms with Crippen LogP contribution in [-0.4, -0.2) is 5.91 Å². The lowest BCUT2D eigenvalue weighted by Gasteiger charge is -2.14. The number of halogens is 1. The molecule has 19 heavy (non-hydrogen) atoms. The average molecular weight is 260 g/mol. The van der Waals surface area contributed by atoms with Crippen LogP contribution >= 0.6 is 0 Å². The minimum absolute atomic E-state index is 0.0164. The van der Waals surface area contributed by atoms with Gasteiger partial charge in [0.25, 0.3) is 0 Å². The molecule has 1 aromatic rings. The summed E-state index contributed by atoms with van der Waals surface area (Å²) in [7, 11) is 0. The smallest absolute Gasteiger partial charge is 0.227 e. The second-order valence-electron chi connectivity index (χ2n) is 4.95. The molecule has 1 aromatic carbocycles. The van der Waals surface area contributed by atoms with Crippen molar-refractivity contribution in [1.29, 1.82) is 5.26 Å². The Labute approximate surface area is 112 Å². The average Bonchev–Trinajstić information content (AvgIpc) is 2.68. The Morgan fingerprint density at radius 2 is 1.95 bits per heavy atom. The van der Waals surface area contributed by atoms with Crippen molar-refractivity contribution in [2.75, 3.05) is 5.32 Å². The zero-order chi connectivity index (χ0) is 13.7. The number of rotatable bonds is 2. The molecule has 0 bridgehead atoms. The van der Waals surface area contributed by atoms with Gasteiger partial charge in [0.2, 0.25) is 5.91 Å². The maximum absolute atomic E-state index is 13.4. The van der Waals surface area contributed by atoms with E-state index in [-0.39, 0.29) is 23.1 Å². The van der Waals surface area contributed by atoms with Crippen molar-refractivity contribution >= 4 is 11.6 Å². The number of hydrogen-bond donors (Lipinski definition) is 1. The van der Waals surface area contributed by atoms with Gasteiger partial charge in [-0.2, -0.15) is 5.26 Å². The van der Waals surface area contributed by atoms with Crippen LogP contribution in [0.15, 0.2) is 18.2 Å². The highest BCUT2D eigenvalue weighted by molar-refractivity contribution is 5.93. The van der Waals surface area contributed by atoms with Gasteiger partial charge in [-0.1, -0.05) is 31.7 Å². The molecule has 0 saturated heterocycles. The maximum atomic E-state index is 13.4. The molecule has 0 heterocycles. The van der Waals surface area contributed by atoms with Gasteiger partial charge in [-0.05, 0) is 25.0 Å². The van der Waals surface area contributed by atoms with Crippen LogP contribution in [0.4, 0.5) is 10.1 Å². The molecular weight excluding hydrogens is 243 g/mol. The molecule has 0 spiro atoms. The zero-order valence-electron chi connectivity index (χ0n) is 10.8.